The van der Waals surface area contributed by atoms with Gasteiger partial charge in [0.15, 0.2) is 5.96 Å². The average molecular weight is 352 g/mol. The lowest BCUT2D eigenvalue weighted by molar-refractivity contribution is 0.115. The summed E-state index contributed by atoms with van der Waals surface area (Å²) in [6, 6.07) is 1.22. The number of aromatic nitrogens is 1. The van der Waals surface area contributed by atoms with Crippen molar-refractivity contribution in [2.75, 3.05) is 19.6 Å². The quantitative estimate of drug-likeness (QED) is 0.611. The lowest BCUT2D eigenvalue weighted by atomic mass is 10.0. The number of piperidine rings is 1. The summed E-state index contributed by atoms with van der Waals surface area (Å²) in [7, 11) is 0. The molecule has 1 aromatic heterocycles. The van der Waals surface area contributed by atoms with E-state index in [2.05, 4.69) is 55.1 Å². The van der Waals surface area contributed by atoms with Gasteiger partial charge in [-0.2, -0.15) is 0 Å². The molecule has 0 bridgehead atoms. The molecule has 0 radical (unpaired) electrons. The van der Waals surface area contributed by atoms with Crippen LogP contribution >= 0.6 is 11.3 Å². The summed E-state index contributed by atoms with van der Waals surface area (Å²) in [6.45, 7) is 14.6. The van der Waals surface area contributed by atoms with Crippen molar-refractivity contribution >= 4 is 17.3 Å². The smallest absolute Gasteiger partial charge is 0.191 e. The lowest BCUT2D eigenvalue weighted by Crippen LogP contribution is -2.50. The van der Waals surface area contributed by atoms with Crippen LogP contribution in [0.5, 0.6) is 0 Å². The van der Waals surface area contributed by atoms with Crippen molar-refractivity contribution in [1.82, 2.24) is 20.5 Å². The summed E-state index contributed by atoms with van der Waals surface area (Å²) in [5.41, 5.74) is 1.10. The second-order valence-electron chi connectivity index (χ2n) is 6.75. The number of hydrogen-bond acceptors (Lipinski definition) is 4. The Morgan fingerprint density at radius 2 is 2.17 bits per heavy atom. The molecule has 6 heteroatoms. The molecule has 1 aliphatic rings. The first-order valence-corrected chi connectivity index (χ1v) is 10.0. The van der Waals surface area contributed by atoms with Crippen LogP contribution in [0, 0.1) is 13.8 Å². The van der Waals surface area contributed by atoms with E-state index in [1.807, 2.05) is 0 Å². The van der Waals surface area contributed by atoms with Crippen molar-refractivity contribution in [3.8, 4) is 0 Å². The zero-order valence-electron chi connectivity index (χ0n) is 15.9. The van der Waals surface area contributed by atoms with E-state index in [-0.39, 0.29) is 0 Å². The fourth-order valence-corrected chi connectivity index (χ4v) is 4.21. The summed E-state index contributed by atoms with van der Waals surface area (Å²) < 4.78 is 0. The van der Waals surface area contributed by atoms with Gasteiger partial charge < -0.3 is 10.6 Å². The Morgan fingerprint density at radius 3 is 2.79 bits per heavy atom. The normalized spacial score (nSPS) is 20.9. The fraction of sp³-hybridized carbons (Fsp3) is 0.778. The summed E-state index contributed by atoms with van der Waals surface area (Å²) >= 11 is 1.74. The predicted octanol–water partition coefficient (Wildman–Crippen LogP) is 3.08. The molecule has 2 atom stereocenters. The third-order valence-corrected chi connectivity index (χ3v) is 5.77. The van der Waals surface area contributed by atoms with Crippen LogP contribution in [0.4, 0.5) is 0 Å². The Balaban J connectivity index is 1.90. The SMILES string of the molecule is CCNC(=NCc1sc(C)nc1C)NCC(C)N1CCCCC1C. The number of likely N-dealkylation sites (tertiary alicyclic amines) is 1. The zero-order valence-corrected chi connectivity index (χ0v) is 16.7. The monoisotopic (exact) mass is 351 g/mol. The van der Waals surface area contributed by atoms with Crippen LogP contribution in [0.1, 0.15) is 55.6 Å². The molecule has 24 heavy (non-hydrogen) atoms. The van der Waals surface area contributed by atoms with Gasteiger partial charge in [0.2, 0.25) is 0 Å². The first kappa shape index (κ1) is 19.2. The largest absolute Gasteiger partial charge is 0.357 e. The van der Waals surface area contributed by atoms with E-state index in [1.54, 1.807) is 11.3 Å². The second-order valence-corrected chi connectivity index (χ2v) is 8.04. The van der Waals surface area contributed by atoms with Gasteiger partial charge in [0.25, 0.3) is 0 Å². The lowest BCUT2D eigenvalue weighted by Gasteiger charge is -2.38. The van der Waals surface area contributed by atoms with Gasteiger partial charge in [-0.05, 0) is 54.0 Å². The molecule has 2 heterocycles. The Labute approximate surface area is 151 Å². The number of nitrogens with one attached hydrogen (secondary N) is 2. The molecule has 0 aromatic carbocycles. The number of aryl methyl sites for hydroxylation is 2. The topological polar surface area (TPSA) is 52.6 Å². The first-order chi connectivity index (χ1) is 11.5. The van der Waals surface area contributed by atoms with Gasteiger partial charge in [-0.15, -0.1) is 11.3 Å². The minimum absolute atomic E-state index is 0.525. The first-order valence-electron chi connectivity index (χ1n) is 9.22. The van der Waals surface area contributed by atoms with Crippen LogP contribution in [0.15, 0.2) is 4.99 Å². The van der Waals surface area contributed by atoms with E-state index >= 15 is 0 Å². The third-order valence-electron chi connectivity index (χ3n) is 4.71. The predicted molar refractivity (Wildman–Crippen MR) is 104 cm³/mol. The molecule has 1 fully saturated rings. The maximum absolute atomic E-state index is 4.74. The van der Waals surface area contributed by atoms with Crippen LogP contribution in [0.3, 0.4) is 0 Å². The molecule has 0 spiro atoms. The van der Waals surface area contributed by atoms with Crippen molar-refractivity contribution in [3.05, 3.63) is 15.6 Å². The minimum Gasteiger partial charge on any atom is -0.357 e. The van der Waals surface area contributed by atoms with Gasteiger partial charge in [-0.25, -0.2) is 9.98 Å². The van der Waals surface area contributed by atoms with E-state index in [9.17, 15) is 0 Å². The molecule has 1 aromatic rings. The molecule has 0 saturated carbocycles. The maximum atomic E-state index is 4.74. The molecule has 2 unspecified atom stereocenters. The zero-order chi connectivity index (χ0) is 17.5. The van der Waals surface area contributed by atoms with E-state index in [0.717, 1.165) is 29.8 Å². The van der Waals surface area contributed by atoms with Crippen molar-refractivity contribution in [1.29, 1.82) is 0 Å². The van der Waals surface area contributed by atoms with Gasteiger partial charge in [0.1, 0.15) is 0 Å². The molecule has 5 nitrogen and oxygen atoms in total. The molecular weight excluding hydrogens is 318 g/mol. The summed E-state index contributed by atoms with van der Waals surface area (Å²) in [4.78, 5) is 13.1. The van der Waals surface area contributed by atoms with E-state index < -0.39 is 0 Å². The Morgan fingerprint density at radius 1 is 1.38 bits per heavy atom. The number of hydrogen-bond donors (Lipinski definition) is 2. The Kier molecular flexibility index (Phi) is 7.49. The van der Waals surface area contributed by atoms with Gasteiger partial charge in [-0.3, -0.25) is 4.90 Å². The highest BCUT2D eigenvalue weighted by atomic mass is 32.1. The summed E-state index contributed by atoms with van der Waals surface area (Å²) in [5, 5.41) is 7.98. The van der Waals surface area contributed by atoms with Gasteiger partial charge in [0, 0.05) is 30.1 Å². The van der Waals surface area contributed by atoms with Crippen LogP contribution in [0.2, 0.25) is 0 Å². The van der Waals surface area contributed by atoms with E-state index in [0.29, 0.717) is 18.6 Å². The van der Waals surface area contributed by atoms with Crippen LogP contribution in [-0.2, 0) is 6.54 Å². The summed E-state index contributed by atoms with van der Waals surface area (Å²) in [6.07, 6.45) is 4.02. The van der Waals surface area contributed by atoms with E-state index in [1.165, 1.54) is 30.7 Å². The summed E-state index contributed by atoms with van der Waals surface area (Å²) in [5.74, 6) is 0.902. The molecule has 1 aliphatic heterocycles. The van der Waals surface area contributed by atoms with Crippen molar-refractivity contribution < 1.29 is 0 Å². The molecule has 136 valence electrons. The minimum atomic E-state index is 0.525. The molecule has 0 aliphatic carbocycles. The van der Waals surface area contributed by atoms with Crippen molar-refractivity contribution in [2.45, 2.75) is 72.5 Å². The van der Waals surface area contributed by atoms with E-state index in [4.69, 9.17) is 4.99 Å². The number of nitrogens with zero attached hydrogens (tertiary/aromatic N) is 3. The molecular formula is C18H33N5S. The maximum Gasteiger partial charge on any atom is 0.191 e. The average Bonchev–Trinajstić information content (AvgIpc) is 2.88. The highest BCUT2D eigenvalue weighted by molar-refractivity contribution is 7.11. The molecule has 1 saturated heterocycles. The number of aliphatic imine (C=N–C) groups is 1. The molecule has 0 amide bonds. The van der Waals surface area contributed by atoms with Crippen LogP contribution < -0.4 is 10.6 Å². The van der Waals surface area contributed by atoms with Crippen LogP contribution in [0.25, 0.3) is 0 Å². The number of rotatable bonds is 6. The number of guanidine groups is 1. The standard InChI is InChI=1S/C18H33N5S/c1-6-19-18(21-12-17-15(4)22-16(5)24-17)20-11-14(3)23-10-8-7-9-13(23)2/h13-14H,6-12H2,1-5H3,(H2,19,20,21). The van der Waals surface area contributed by atoms with Crippen LogP contribution in [-0.4, -0.2) is 47.6 Å². The third kappa shape index (κ3) is 5.45. The van der Waals surface area contributed by atoms with Gasteiger partial charge in [0.05, 0.1) is 17.2 Å². The highest BCUT2D eigenvalue weighted by Gasteiger charge is 2.22. The second kappa shape index (κ2) is 9.37. The van der Waals surface area contributed by atoms with Gasteiger partial charge >= 0.3 is 0 Å². The van der Waals surface area contributed by atoms with Gasteiger partial charge in [-0.1, -0.05) is 6.42 Å². The Bertz CT molecular complexity index is 540. The fourth-order valence-electron chi connectivity index (χ4n) is 3.35. The molecule has 2 rings (SSSR count). The van der Waals surface area contributed by atoms with Crippen molar-refractivity contribution in [3.63, 3.8) is 0 Å². The molecule has 2 N–H and O–H groups in total. The Hall–Kier alpha value is -1.14. The highest BCUT2D eigenvalue weighted by Crippen LogP contribution is 2.19. The van der Waals surface area contributed by atoms with Crippen molar-refractivity contribution in [2.24, 2.45) is 4.99 Å². The number of thiazole rings is 1.